The highest BCUT2D eigenvalue weighted by atomic mass is 32.2. The van der Waals surface area contributed by atoms with Gasteiger partial charge in [0.2, 0.25) is 15.9 Å². The maximum Gasteiger partial charge on any atom is 0.244 e. The fourth-order valence-corrected chi connectivity index (χ4v) is 5.40. The molecule has 0 radical (unpaired) electrons. The van der Waals surface area contributed by atoms with Gasteiger partial charge < -0.3 is 5.32 Å². The van der Waals surface area contributed by atoms with Crippen molar-refractivity contribution in [1.82, 2.24) is 9.62 Å². The monoisotopic (exact) mass is 418 g/mol. The lowest BCUT2D eigenvalue weighted by molar-refractivity contribution is -0.116. The first-order valence-electron chi connectivity index (χ1n) is 9.64. The van der Waals surface area contributed by atoms with E-state index in [4.69, 9.17) is 0 Å². The first-order chi connectivity index (χ1) is 13.6. The number of thiophene rings is 1. The predicted molar refractivity (Wildman–Crippen MR) is 114 cm³/mol. The number of nitrogens with zero attached hydrogens (tertiary/aromatic N) is 1. The van der Waals surface area contributed by atoms with E-state index < -0.39 is 10.0 Å². The van der Waals surface area contributed by atoms with Gasteiger partial charge in [-0.15, -0.1) is 11.3 Å². The van der Waals surface area contributed by atoms with Gasteiger partial charge in [0.05, 0.1) is 4.90 Å². The van der Waals surface area contributed by atoms with Crippen molar-refractivity contribution in [3.8, 4) is 0 Å². The summed E-state index contributed by atoms with van der Waals surface area (Å²) >= 11 is 1.68. The molecule has 0 bridgehead atoms. The molecule has 150 valence electrons. The molecule has 1 aromatic carbocycles. The molecule has 1 amide bonds. The van der Waals surface area contributed by atoms with Gasteiger partial charge in [0.1, 0.15) is 0 Å². The van der Waals surface area contributed by atoms with Crippen LogP contribution in [0.5, 0.6) is 0 Å². The summed E-state index contributed by atoms with van der Waals surface area (Å²) in [6.07, 6.45) is 8.01. The molecular weight excluding hydrogens is 392 g/mol. The molecule has 0 spiro atoms. The summed E-state index contributed by atoms with van der Waals surface area (Å²) in [6.45, 7) is 1.78. The van der Waals surface area contributed by atoms with Crippen molar-refractivity contribution in [2.24, 2.45) is 0 Å². The molecule has 5 nitrogen and oxygen atoms in total. The van der Waals surface area contributed by atoms with E-state index in [9.17, 15) is 13.2 Å². The number of benzene rings is 1. The maximum atomic E-state index is 12.8. The second kappa shape index (κ2) is 10.0. The summed E-state index contributed by atoms with van der Waals surface area (Å²) < 4.78 is 27.1. The number of carbonyl (C=O) groups excluding carboxylic acids is 1. The molecule has 0 atom stereocenters. The highest BCUT2D eigenvalue weighted by Gasteiger charge is 2.24. The summed E-state index contributed by atoms with van der Waals surface area (Å²) in [5, 5.41) is 4.88. The minimum absolute atomic E-state index is 0.155. The van der Waals surface area contributed by atoms with Crippen molar-refractivity contribution < 1.29 is 13.2 Å². The van der Waals surface area contributed by atoms with Gasteiger partial charge in [0.25, 0.3) is 0 Å². The van der Waals surface area contributed by atoms with E-state index in [1.54, 1.807) is 46.0 Å². The van der Waals surface area contributed by atoms with Gasteiger partial charge in [-0.05, 0) is 54.5 Å². The topological polar surface area (TPSA) is 66.5 Å². The zero-order chi connectivity index (χ0) is 19.8. The lowest BCUT2D eigenvalue weighted by Gasteiger charge is -2.19. The Morgan fingerprint density at radius 1 is 1.07 bits per heavy atom. The molecule has 1 fully saturated rings. The number of carbonyl (C=O) groups is 1. The van der Waals surface area contributed by atoms with Crippen LogP contribution < -0.4 is 5.32 Å². The Kier molecular flexibility index (Phi) is 7.42. The first kappa shape index (κ1) is 20.8. The third-order valence-electron chi connectivity index (χ3n) is 4.76. The van der Waals surface area contributed by atoms with Crippen LogP contribution in [-0.2, 0) is 21.2 Å². The van der Waals surface area contributed by atoms with Gasteiger partial charge in [0, 0.05) is 30.6 Å². The third kappa shape index (κ3) is 5.77. The number of sulfonamides is 1. The molecule has 1 N–H and O–H groups in total. The summed E-state index contributed by atoms with van der Waals surface area (Å²) in [7, 11) is -3.44. The first-order valence-corrected chi connectivity index (χ1v) is 12.0. The van der Waals surface area contributed by atoms with E-state index in [0.29, 0.717) is 24.5 Å². The molecule has 7 heteroatoms. The normalized spacial score (nSPS) is 16.1. The average Bonchev–Trinajstić information content (AvgIpc) is 3.05. The minimum Gasteiger partial charge on any atom is -0.352 e. The van der Waals surface area contributed by atoms with E-state index in [0.717, 1.165) is 37.7 Å². The Morgan fingerprint density at radius 2 is 1.79 bits per heavy atom. The molecule has 1 aromatic heterocycles. The van der Waals surface area contributed by atoms with Crippen LogP contribution in [0.2, 0.25) is 0 Å². The number of hydrogen-bond acceptors (Lipinski definition) is 4. The van der Waals surface area contributed by atoms with E-state index >= 15 is 0 Å². The van der Waals surface area contributed by atoms with Crippen LogP contribution in [0.25, 0.3) is 6.08 Å². The van der Waals surface area contributed by atoms with Crippen molar-refractivity contribution in [2.45, 2.75) is 37.0 Å². The Balaban J connectivity index is 1.54. The highest BCUT2D eigenvalue weighted by molar-refractivity contribution is 7.89. The fraction of sp³-hybridized carbons (Fsp3) is 0.381. The fourth-order valence-electron chi connectivity index (χ4n) is 3.18. The molecule has 0 saturated carbocycles. The maximum absolute atomic E-state index is 12.8. The summed E-state index contributed by atoms with van der Waals surface area (Å²) in [5.74, 6) is -0.155. The van der Waals surface area contributed by atoms with Crippen molar-refractivity contribution in [2.75, 3.05) is 19.6 Å². The predicted octanol–water partition coefficient (Wildman–Crippen LogP) is 3.68. The second-order valence-corrected chi connectivity index (χ2v) is 9.81. The number of rotatable bonds is 7. The lowest BCUT2D eigenvalue weighted by Crippen LogP contribution is -2.31. The van der Waals surface area contributed by atoms with Crippen molar-refractivity contribution >= 4 is 33.3 Å². The number of nitrogens with one attached hydrogen (secondary N) is 1. The standard InChI is InChI=1S/C21H26N2O3S2/c24-21(22-14-13-19-6-5-17-27-19)12-9-18-7-10-20(11-8-18)28(25,26)23-15-3-1-2-4-16-23/h5-12,17H,1-4,13-16H2,(H,22,24)/b12-9+. The highest BCUT2D eigenvalue weighted by Crippen LogP contribution is 2.21. The largest absolute Gasteiger partial charge is 0.352 e. The molecule has 1 saturated heterocycles. The van der Waals surface area contributed by atoms with Crippen LogP contribution in [0.3, 0.4) is 0 Å². The van der Waals surface area contributed by atoms with Gasteiger partial charge in [-0.25, -0.2) is 8.42 Å². The van der Waals surface area contributed by atoms with Crippen LogP contribution in [0.15, 0.2) is 52.7 Å². The smallest absolute Gasteiger partial charge is 0.244 e. The Hall–Kier alpha value is -1.96. The second-order valence-electron chi connectivity index (χ2n) is 6.84. The van der Waals surface area contributed by atoms with Crippen molar-refractivity contribution in [1.29, 1.82) is 0 Å². The molecule has 2 aromatic rings. The van der Waals surface area contributed by atoms with E-state index in [-0.39, 0.29) is 5.91 Å². The average molecular weight is 419 g/mol. The number of amides is 1. The molecule has 0 unspecified atom stereocenters. The quantitative estimate of drug-likeness (QED) is 0.698. The Labute approximate surface area is 171 Å². The molecule has 0 aliphatic carbocycles. The molecule has 1 aliphatic heterocycles. The van der Waals surface area contributed by atoms with E-state index in [2.05, 4.69) is 5.32 Å². The summed E-state index contributed by atoms with van der Waals surface area (Å²) in [5.41, 5.74) is 0.795. The molecular formula is C21H26N2O3S2. The van der Waals surface area contributed by atoms with Gasteiger partial charge in [-0.1, -0.05) is 31.0 Å². The van der Waals surface area contributed by atoms with Crippen LogP contribution in [0.1, 0.15) is 36.1 Å². The molecule has 2 heterocycles. The summed E-state index contributed by atoms with van der Waals surface area (Å²) in [6, 6.07) is 10.8. The van der Waals surface area contributed by atoms with Crippen molar-refractivity contribution in [3.05, 3.63) is 58.3 Å². The van der Waals surface area contributed by atoms with Crippen molar-refractivity contribution in [3.63, 3.8) is 0 Å². The van der Waals surface area contributed by atoms with Gasteiger partial charge in [-0.3, -0.25) is 4.79 Å². The van der Waals surface area contributed by atoms with E-state index in [1.807, 2.05) is 17.5 Å². The SMILES string of the molecule is O=C(/C=C/c1ccc(S(=O)(=O)N2CCCCCC2)cc1)NCCc1cccs1. The minimum atomic E-state index is -3.44. The Morgan fingerprint density at radius 3 is 2.43 bits per heavy atom. The van der Waals surface area contributed by atoms with Gasteiger partial charge >= 0.3 is 0 Å². The third-order valence-corrected chi connectivity index (χ3v) is 7.61. The molecule has 3 rings (SSSR count). The van der Waals surface area contributed by atoms with Gasteiger partial charge in [-0.2, -0.15) is 4.31 Å². The van der Waals surface area contributed by atoms with Crippen LogP contribution in [-0.4, -0.2) is 38.3 Å². The zero-order valence-electron chi connectivity index (χ0n) is 15.8. The van der Waals surface area contributed by atoms with E-state index in [1.165, 1.54) is 11.0 Å². The lowest BCUT2D eigenvalue weighted by atomic mass is 10.2. The Bertz CT molecular complexity index is 880. The van der Waals surface area contributed by atoms with Crippen LogP contribution in [0, 0.1) is 0 Å². The molecule has 28 heavy (non-hydrogen) atoms. The van der Waals surface area contributed by atoms with Gasteiger partial charge in [0.15, 0.2) is 0 Å². The van der Waals surface area contributed by atoms with Crippen LogP contribution >= 0.6 is 11.3 Å². The van der Waals surface area contributed by atoms with Crippen LogP contribution in [0.4, 0.5) is 0 Å². The zero-order valence-corrected chi connectivity index (χ0v) is 17.5. The molecule has 1 aliphatic rings. The number of hydrogen-bond donors (Lipinski definition) is 1. The summed E-state index contributed by atoms with van der Waals surface area (Å²) in [4.78, 5) is 13.5.